The van der Waals surface area contributed by atoms with Crippen LogP contribution in [0.15, 0.2) is 30.5 Å². The molecule has 0 aliphatic heterocycles. The highest BCUT2D eigenvalue weighted by Gasteiger charge is 2.39. The van der Waals surface area contributed by atoms with Crippen LogP contribution in [0.4, 0.5) is 26.3 Å². The first-order chi connectivity index (χ1) is 12.0. The summed E-state index contributed by atoms with van der Waals surface area (Å²) in [7, 11) is 0. The van der Waals surface area contributed by atoms with Crippen molar-refractivity contribution in [1.29, 1.82) is 0 Å². The Morgan fingerprint density at radius 1 is 1.12 bits per heavy atom. The first-order valence-corrected chi connectivity index (χ1v) is 7.22. The summed E-state index contributed by atoms with van der Waals surface area (Å²) in [6.07, 6.45) is -9.61. The predicted octanol–water partition coefficient (Wildman–Crippen LogP) is 4.92. The third-order valence-electron chi connectivity index (χ3n) is 3.90. The van der Waals surface area contributed by atoms with Crippen LogP contribution < -0.4 is 0 Å². The summed E-state index contributed by atoms with van der Waals surface area (Å²) in [5.74, 6) is 0. The zero-order chi connectivity index (χ0) is 19.3. The highest BCUT2D eigenvalue weighted by atomic mass is 19.4. The first kappa shape index (κ1) is 18.0. The van der Waals surface area contributed by atoms with E-state index in [4.69, 9.17) is 4.74 Å². The molecule has 26 heavy (non-hydrogen) atoms. The molecule has 4 nitrogen and oxygen atoms in total. The highest BCUT2D eigenvalue weighted by Crippen LogP contribution is 2.40. The van der Waals surface area contributed by atoms with E-state index in [-0.39, 0.29) is 18.1 Å². The van der Waals surface area contributed by atoms with Gasteiger partial charge in [0.1, 0.15) is 5.69 Å². The summed E-state index contributed by atoms with van der Waals surface area (Å²) in [5.41, 5.74) is -3.56. The molecule has 0 aliphatic rings. The van der Waals surface area contributed by atoms with Gasteiger partial charge in [-0.1, -0.05) is 12.1 Å². The lowest BCUT2D eigenvalue weighted by molar-refractivity contribution is -0.144. The van der Waals surface area contributed by atoms with Crippen molar-refractivity contribution in [3.8, 4) is 0 Å². The minimum absolute atomic E-state index is 0.00715. The van der Waals surface area contributed by atoms with Gasteiger partial charge in [0, 0.05) is 17.0 Å². The Balaban J connectivity index is 2.46. The number of alkyl halides is 6. The maximum absolute atomic E-state index is 13.3. The number of ether oxygens (including phenoxy) is 1. The number of aromatic nitrogens is 2. The Morgan fingerprint density at radius 3 is 2.38 bits per heavy atom. The van der Waals surface area contributed by atoms with Gasteiger partial charge in [0.2, 0.25) is 0 Å². The average Bonchev–Trinajstić information content (AvgIpc) is 2.96. The van der Waals surface area contributed by atoms with Crippen molar-refractivity contribution in [2.24, 2.45) is 0 Å². The molecule has 0 aliphatic carbocycles. The van der Waals surface area contributed by atoms with Gasteiger partial charge in [-0.25, -0.2) is 4.98 Å². The van der Waals surface area contributed by atoms with E-state index in [2.05, 4.69) is 4.98 Å². The van der Waals surface area contributed by atoms with Gasteiger partial charge in [-0.2, -0.15) is 26.3 Å². The molecule has 1 unspecified atom stereocenters. The molecular formula is C16H10F6N2O2. The normalized spacial score (nSPS) is 14.0. The summed E-state index contributed by atoms with van der Waals surface area (Å²) in [4.78, 5) is 14.0. The van der Waals surface area contributed by atoms with Gasteiger partial charge in [0.25, 0.3) is 6.47 Å². The molecule has 10 heteroatoms. The van der Waals surface area contributed by atoms with Crippen molar-refractivity contribution in [1.82, 2.24) is 9.55 Å². The summed E-state index contributed by atoms with van der Waals surface area (Å²) >= 11 is 0. The number of halogens is 6. The lowest BCUT2D eigenvalue weighted by atomic mass is 10.0. The Morgan fingerprint density at radius 2 is 1.81 bits per heavy atom. The number of pyridine rings is 1. The third kappa shape index (κ3) is 2.95. The van der Waals surface area contributed by atoms with Crippen molar-refractivity contribution in [3.05, 3.63) is 41.7 Å². The zero-order valence-electron chi connectivity index (χ0n) is 13.0. The summed E-state index contributed by atoms with van der Waals surface area (Å²) in [5, 5.41) is -0.116. The number of fused-ring (bicyclic) bond motifs is 3. The van der Waals surface area contributed by atoms with Crippen molar-refractivity contribution >= 4 is 28.3 Å². The van der Waals surface area contributed by atoms with E-state index in [1.165, 1.54) is 29.8 Å². The second kappa shape index (κ2) is 5.89. The molecule has 0 saturated heterocycles. The van der Waals surface area contributed by atoms with Crippen LogP contribution in [-0.4, -0.2) is 16.0 Å². The summed E-state index contributed by atoms with van der Waals surface area (Å²) < 4.78 is 85.2. The number of hydrogen-bond donors (Lipinski definition) is 0. The molecule has 3 rings (SSSR count). The average molecular weight is 376 g/mol. The maximum atomic E-state index is 13.3. The molecule has 0 bridgehead atoms. The van der Waals surface area contributed by atoms with Crippen LogP contribution in [0.2, 0.25) is 0 Å². The fourth-order valence-corrected chi connectivity index (χ4v) is 2.76. The minimum Gasteiger partial charge on any atom is -0.444 e. The number of benzene rings is 1. The number of carbonyl (C=O) groups is 1. The quantitative estimate of drug-likeness (QED) is 0.482. The fourth-order valence-electron chi connectivity index (χ4n) is 2.76. The van der Waals surface area contributed by atoms with Crippen LogP contribution in [0.3, 0.4) is 0 Å². The second-order valence-corrected chi connectivity index (χ2v) is 5.50. The third-order valence-corrected chi connectivity index (χ3v) is 3.90. The zero-order valence-corrected chi connectivity index (χ0v) is 13.0. The SMILES string of the molecule is CC(OC=O)n1ccc2ccc3c(C(F)(F)F)cc(C(F)(F)F)nc3c21. The first-order valence-electron chi connectivity index (χ1n) is 7.22. The topological polar surface area (TPSA) is 44.1 Å². The monoisotopic (exact) mass is 376 g/mol. The van der Waals surface area contributed by atoms with Gasteiger partial charge < -0.3 is 9.30 Å². The lowest BCUT2D eigenvalue weighted by Gasteiger charge is -2.17. The summed E-state index contributed by atoms with van der Waals surface area (Å²) in [6.45, 7) is 1.56. The number of hydrogen-bond acceptors (Lipinski definition) is 3. The number of nitrogens with zero attached hydrogens (tertiary/aromatic N) is 2. The number of carbonyl (C=O) groups excluding carboxylic acids is 1. The van der Waals surface area contributed by atoms with Crippen LogP contribution in [0.5, 0.6) is 0 Å². The molecule has 0 radical (unpaired) electrons. The highest BCUT2D eigenvalue weighted by molar-refractivity contribution is 6.05. The molecule has 0 spiro atoms. The van der Waals surface area contributed by atoms with Gasteiger partial charge in [-0.15, -0.1) is 0 Å². The van der Waals surface area contributed by atoms with Crippen LogP contribution in [0.25, 0.3) is 21.8 Å². The Kier molecular flexibility index (Phi) is 4.08. The molecule has 0 saturated carbocycles. The molecule has 0 amide bonds. The van der Waals surface area contributed by atoms with Gasteiger partial charge in [0.05, 0.1) is 16.6 Å². The largest absolute Gasteiger partial charge is 0.444 e. The van der Waals surface area contributed by atoms with E-state index in [9.17, 15) is 31.1 Å². The van der Waals surface area contributed by atoms with E-state index >= 15 is 0 Å². The second-order valence-electron chi connectivity index (χ2n) is 5.50. The molecule has 0 N–H and O–H groups in total. The standard InChI is InChI=1S/C16H10F6N2O2/c1-8(26-7-25)24-5-4-9-2-3-10-11(15(17,18)19)6-12(16(20,21)22)23-13(10)14(9)24/h2-8H,1H3. The Hall–Kier alpha value is -2.78. The predicted molar refractivity (Wildman–Crippen MR) is 79.1 cm³/mol. The van der Waals surface area contributed by atoms with E-state index in [1.54, 1.807) is 0 Å². The molecule has 1 atom stereocenters. The van der Waals surface area contributed by atoms with Gasteiger partial charge in [0.15, 0.2) is 6.23 Å². The molecule has 0 fully saturated rings. The van der Waals surface area contributed by atoms with Crippen LogP contribution in [-0.2, 0) is 21.9 Å². The molecule has 1 aromatic carbocycles. The lowest BCUT2D eigenvalue weighted by Crippen LogP contribution is -2.14. The van der Waals surface area contributed by atoms with Gasteiger partial charge in [-0.3, -0.25) is 4.79 Å². The minimum atomic E-state index is -5.06. The van der Waals surface area contributed by atoms with Crippen LogP contribution in [0.1, 0.15) is 24.4 Å². The molecule has 2 aromatic heterocycles. The smallest absolute Gasteiger partial charge is 0.433 e. The van der Waals surface area contributed by atoms with Crippen LogP contribution in [0, 0.1) is 0 Å². The van der Waals surface area contributed by atoms with E-state index in [1.807, 2.05) is 0 Å². The number of rotatable bonds is 3. The molecule has 3 aromatic rings. The fraction of sp³-hybridized carbons (Fsp3) is 0.250. The Bertz CT molecular complexity index is 990. The van der Waals surface area contributed by atoms with E-state index in [0.717, 1.165) is 6.07 Å². The molecule has 2 heterocycles. The van der Waals surface area contributed by atoms with Crippen molar-refractivity contribution in [3.63, 3.8) is 0 Å². The Labute approximate surface area is 142 Å². The molecule has 138 valence electrons. The van der Waals surface area contributed by atoms with E-state index in [0.29, 0.717) is 5.39 Å². The maximum Gasteiger partial charge on any atom is 0.433 e. The molecular weight excluding hydrogens is 366 g/mol. The van der Waals surface area contributed by atoms with Gasteiger partial charge in [-0.05, 0) is 19.1 Å². The van der Waals surface area contributed by atoms with Crippen molar-refractivity contribution in [2.45, 2.75) is 25.5 Å². The van der Waals surface area contributed by atoms with Crippen molar-refractivity contribution < 1.29 is 35.9 Å². The van der Waals surface area contributed by atoms with Crippen LogP contribution >= 0.6 is 0 Å². The van der Waals surface area contributed by atoms with E-state index < -0.39 is 40.7 Å². The summed E-state index contributed by atoms with van der Waals surface area (Å²) in [6, 6.07) is 3.89. The van der Waals surface area contributed by atoms with Gasteiger partial charge >= 0.3 is 12.4 Å². The van der Waals surface area contributed by atoms with Crippen molar-refractivity contribution in [2.75, 3.05) is 0 Å².